The van der Waals surface area contributed by atoms with E-state index in [1.807, 2.05) is 0 Å². The lowest BCUT2D eigenvalue weighted by atomic mass is 10.1. The molecule has 140 valence electrons. The number of aliphatic imine (C=N–C) groups is 1. The van der Waals surface area contributed by atoms with Gasteiger partial charge in [0.1, 0.15) is 0 Å². The van der Waals surface area contributed by atoms with Crippen molar-refractivity contribution >= 4 is 17.1 Å². The van der Waals surface area contributed by atoms with E-state index in [9.17, 15) is 0 Å². The van der Waals surface area contributed by atoms with Crippen LogP contribution < -0.4 is 4.90 Å². The molecule has 1 aliphatic rings. The zero-order valence-corrected chi connectivity index (χ0v) is 17.0. The molecule has 2 heteroatoms. The predicted molar refractivity (Wildman–Crippen MR) is 117 cm³/mol. The lowest BCUT2D eigenvalue weighted by molar-refractivity contribution is 0.815. The Bertz CT molecular complexity index is 669. The second-order valence-electron chi connectivity index (χ2n) is 7.03. The smallest absolute Gasteiger partial charge is 0.0662 e. The molecule has 0 atom stereocenters. The number of hydrogen-bond donors (Lipinski definition) is 0. The Morgan fingerprint density at radius 3 is 2.42 bits per heavy atom. The highest BCUT2D eigenvalue weighted by Crippen LogP contribution is 2.24. The molecule has 2 nitrogen and oxygen atoms in total. The molecule has 1 fully saturated rings. The van der Waals surface area contributed by atoms with Crippen LogP contribution in [-0.4, -0.2) is 18.8 Å². The Morgan fingerprint density at radius 1 is 1.12 bits per heavy atom. The minimum absolute atomic E-state index is 1.04. The van der Waals surface area contributed by atoms with Crippen LogP contribution in [0.25, 0.3) is 5.70 Å². The number of allylic oxidation sites excluding steroid dienone is 5. The van der Waals surface area contributed by atoms with Crippen LogP contribution in [-0.2, 0) is 0 Å². The molecule has 1 aliphatic heterocycles. The van der Waals surface area contributed by atoms with Gasteiger partial charge in [0.2, 0.25) is 0 Å². The van der Waals surface area contributed by atoms with Crippen molar-refractivity contribution in [2.24, 2.45) is 4.99 Å². The molecule has 0 amide bonds. The molecule has 0 aromatic heterocycles. The van der Waals surface area contributed by atoms with Gasteiger partial charge in [0.05, 0.1) is 5.70 Å². The summed E-state index contributed by atoms with van der Waals surface area (Å²) < 4.78 is 0. The van der Waals surface area contributed by atoms with Crippen LogP contribution >= 0.6 is 0 Å². The summed E-state index contributed by atoms with van der Waals surface area (Å²) in [5.74, 6) is 0. The van der Waals surface area contributed by atoms with Crippen molar-refractivity contribution in [3.05, 3.63) is 59.7 Å². The van der Waals surface area contributed by atoms with Crippen LogP contribution in [0.2, 0.25) is 0 Å². The number of benzene rings is 1. The van der Waals surface area contributed by atoms with Crippen molar-refractivity contribution in [1.82, 2.24) is 0 Å². The number of anilines is 1. The maximum absolute atomic E-state index is 4.87. The molecular formula is C24H34N2. The van der Waals surface area contributed by atoms with Gasteiger partial charge >= 0.3 is 0 Å². The molecule has 0 unspecified atom stereocenters. The van der Waals surface area contributed by atoms with Gasteiger partial charge in [-0.25, -0.2) is 0 Å². The molecule has 1 heterocycles. The number of unbranched alkanes of at least 4 members (excludes halogenated alkanes) is 2. The third kappa shape index (κ3) is 6.01. The number of rotatable bonds is 8. The molecule has 0 N–H and O–H groups in total. The molecule has 1 aromatic carbocycles. The van der Waals surface area contributed by atoms with Crippen LogP contribution in [0.15, 0.2) is 59.1 Å². The molecule has 2 rings (SSSR count). The van der Waals surface area contributed by atoms with Crippen molar-refractivity contribution in [2.75, 3.05) is 18.0 Å². The first-order valence-corrected chi connectivity index (χ1v) is 10.1. The molecule has 0 spiro atoms. The van der Waals surface area contributed by atoms with Crippen LogP contribution in [0.1, 0.15) is 65.4 Å². The molecular weight excluding hydrogens is 316 g/mol. The highest BCUT2D eigenvalue weighted by atomic mass is 15.1. The van der Waals surface area contributed by atoms with Crippen LogP contribution in [0, 0.1) is 0 Å². The van der Waals surface area contributed by atoms with E-state index in [1.165, 1.54) is 55.6 Å². The van der Waals surface area contributed by atoms with E-state index >= 15 is 0 Å². The fourth-order valence-corrected chi connectivity index (χ4v) is 3.13. The lowest BCUT2D eigenvalue weighted by Crippen LogP contribution is -2.17. The number of hydrogen-bond acceptors (Lipinski definition) is 2. The predicted octanol–water partition coefficient (Wildman–Crippen LogP) is 6.80. The summed E-state index contributed by atoms with van der Waals surface area (Å²) in [6.45, 7) is 10.9. The first-order chi connectivity index (χ1) is 12.7. The van der Waals surface area contributed by atoms with Crippen molar-refractivity contribution in [3.8, 4) is 0 Å². The molecule has 1 saturated heterocycles. The van der Waals surface area contributed by atoms with E-state index in [2.05, 4.69) is 81.2 Å². The van der Waals surface area contributed by atoms with E-state index in [4.69, 9.17) is 4.99 Å². The minimum Gasteiger partial charge on any atom is -0.372 e. The highest BCUT2D eigenvalue weighted by molar-refractivity contribution is 6.01. The quantitative estimate of drug-likeness (QED) is 0.286. The monoisotopic (exact) mass is 350 g/mol. The average molecular weight is 351 g/mol. The van der Waals surface area contributed by atoms with Gasteiger partial charge in [0.25, 0.3) is 0 Å². The fourth-order valence-electron chi connectivity index (χ4n) is 3.13. The maximum Gasteiger partial charge on any atom is 0.0662 e. The van der Waals surface area contributed by atoms with Crippen molar-refractivity contribution in [3.63, 3.8) is 0 Å². The highest BCUT2D eigenvalue weighted by Gasteiger charge is 2.12. The Kier molecular flexibility index (Phi) is 8.40. The lowest BCUT2D eigenvalue weighted by Gasteiger charge is -2.17. The maximum atomic E-state index is 4.87. The van der Waals surface area contributed by atoms with E-state index in [0.717, 1.165) is 17.8 Å². The third-order valence-electron chi connectivity index (χ3n) is 4.97. The minimum atomic E-state index is 1.04. The first-order valence-electron chi connectivity index (χ1n) is 10.1. The topological polar surface area (TPSA) is 15.6 Å². The van der Waals surface area contributed by atoms with E-state index < -0.39 is 0 Å². The molecule has 26 heavy (non-hydrogen) atoms. The summed E-state index contributed by atoms with van der Waals surface area (Å²) >= 11 is 0. The molecule has 0 bridgehead atoms. The Hall–Kier alpha value is -2.09. The zero-order valence-electron chi connectivity index (χ0n) is 17.0. The van der Waals surface area contributed by atoms with Crippen molar-refractivity contribution < 1.29 is 0 Å². The van der Waals surface area contributed by atoms with Gasteiger partial charge < -0.3 is 4.90 Å². The second-order valence-corrected chi connectivity index (χ2v) is 7.03. The summed E-state index contributed by atoms with van der Waals surface area (Å²) in [6, 6.07) is 8.86. The summed E-state index contributed by atoms with van der Waals surface area (Å²) in [5, 5.41) is 0. The standard InChI is InChI=1S/C24H34N2/c1-5-7-8-9-10-13-20(3)21(4)25-24(6-2)22-14-16-23(17-15-22)26-18-11-12-19-26/h6,9-10,13-17H,5,7-8,11-12,18-19H2,1-4H3/b10-9-,20-13-,24-6-,25-21+. The molecule has 0 saturated carbocycles. The normalized spacial score (nSPS) is 16.8. The fraction of sp³-hybridized carbons (Fsp3) is 0.458. The Morgan fingerprint density at radius 2 is 1.81 bits per heavy atom. The van der Waals surface area contributed by atoms with Gasteiger partial charge in [-0.3, -0.25) is 4.99 Å². The molecule has 0 radical (unpaired) electrons. The summed E-state index contributed by atoms with van der Waals surface area (Å²) in [7, 11) is 0. The van der Waals surface area contributed by atoms with Crippen LogP contribution in [0.5, 0.6) is 0 Å². The summed E-state index contributed by atoms with van der Waals surface area (Å²) in [4.78, 5) is 7.33. The second kappa shape index (κ2) is 10.8. The van der Waals surface area contributed by atoms with Gasteiger partial charge in [0.15, 0.2) is 0 Å². The Balaban J connectivity index is 2.06. The molecule has 1 aromatic rings. The van der Waals surface area contributed by atoms with E-state index in [-0.39, 0.29) is 0 Å². The Labute approximate surface area is 160 Å². The summed E-state index contributed by atoms with van der Waals surface area (Å²) in [6.07, 6.45) is 14.9. The van der Waals surface area contributed by atoms with E-state index in [1.54, 1.807) is 0 Å². The van der Waals surface area contributed by atoms with Crippen LogP contribution in [0.4, 0.5) is 5.69 Å². The molecule has 0 aliphatic carbocycles. The average Bonchev–Trinajstić information content (AvgIpc) is 3.20. The first kappa shape index (κ1) is 20.2. The van der Waals surface area contributed by atoms with Crippen LogP contribution in [0.3, 0.4) is 0 Å². The van der Waals surface area contributed by atoms with Gasteiger partial charge in [-0.1, -0.05) is 56.2 Å². The van der Waals surface area contributed by atoms with Gasteiger partial charge in [-0.2, -0.15) is 0 Å². The SMILES string of the molecule is C\C=C(/N=C(C)/C(C)=C\C=C/CCCC)c1ccc(N2CCCC2)cc1. The van der Waals surface area contributed by atoms with Gasteiger partial charge in [0, 0.05) is 24.5 Å². The number of nitrogens with zero attached hydrogens (tertiary/aromatic N) is 2. The third-order valence-corrected chi connectivity index (χ3v) is 4.97. The largest absolute Gasteiger partial charge is 0.372 e. The summed E-state index contributed by atoms with van der Waals surface area (Å²) in [5.41, 5.74) is 5.84. The van der Waals surface area contributed by atoms with Crippen molar-refractivity contribution in [1.29, 1.82) is 0 Å². The van der Waals surface area contributed by atoms with E-state index in [0.29, 0.717) is 0 Å². The van der Waals surface area contributed by atoms with Gasteiger partial charge in [-0.05, 0) is 63.3 Å². The van der Waals surface area contributed by atoms with Gasteiger partial charge in [-0.15, -0.1) is 0 Å². The zero-order chi connectivity index (χ0) is 18.8. The van der Waals surface area contributed by atoms with Crippen molar-refractivity contribution in [2.45, 2.75) is 59.8 Å².